The number of hydrogen-bond donors (Lipinski definition) is 2. The molecule has 1 rings (SSSR count). The second-order valence-electron chi connectivity index (χ2n) is 5.51. The molecular weight excluding hydrogens is 212 g/mol. The average Bonchev–Trinajstić information content (AvgIpc) is 2.57. The van der Waals surface area contributed by atoms with Crippen LogP contribution in [0.15, 0.2) is 0 Å². The minimum atomic E-state index is 0.0632. The SMILES string of the molecule is CNCC(C)C(=O)N[C@@H](C)C1CCCCCC1. The van der Waals surface area contributed by atoms with Gasteiger partial charge in [0.25, 0.3) is 0 Å². The van der Waals surface area contributed by atoms with Gasteiger partial charge in [0.15, 0.2) is 0 Å². The first-order chi connectivity index (χ1) is 8.15. The first-order valence-corrected chi connectivity index (χ1v) is 7.10. The smallest absolute Gasteiger partial charge is 0.224 e. The molecule has 2 atom stereocenters. The predicted molar refractivity (Wildman–Crippen MR) is 71.9 cm³/mol. The van der Waals surface area contributed by atoms with Crippen LogP contribution >= 0.6 is 0 Å². The van der Waals surface area contributed by atoms with Gasteiger partial charge in [0.1, 0.15) is 0 Å². The van der Waals surface area contributed by atoms with Gasteiger partial charge in [-0.3, -0.25) is 4.79 Å². The van der Waals surface area contributed by atoms with E-state index in [1.165, 1.54) is 38.5 Å². The van der Waals surface area contributed by atoms with Crippen LogP contribution in [0.2, 0.25) is 0 Å². The second kappa shape index (κ2) is 7.70. The number of amides is 1. The molecule has 0 heterocycles. The predicted octanol–water partition coefficient (Wildman–Crippen LogP) is 2.32. The molecule has 1 aliphatic rings. The summed E-state index contributed by atoms with van der Waals surface area (Å²) in [6, 6.07) is 0.333. The molecule has 1 fully saturated rings. The number of hydrogen-bond acceptors (Lipinski definition) is 2. The fourth-order valence-corrected chi connectivity index (χ4v) is 2.69. The van der Waals surface area contributed by atoms with Gasteiger partial charge in [0.05, 0.1) is 0 Å². The maximum atomic E-state index is 11.9. The first kappa shape index (κ1) is 14.5. The molecule has 0 aromatic heterocycles. The summed E-state index contributed by atoms with van der Waals surface area (Å²) in [4.78, 5) is 11.9. The van der Waals surface area contributed by atoms with Crippen molar-refractivity contribution in [1.82, 2.24) is 10.6 Å². The largest absolute Gasteiger partial charge is 0.353 e. The zero-order valence-electron chi connectivity index (χ0n) is 11.6. The lowest BCUT2D eigenvalue weighted by atomic mass is 9.92. The molecule has 0 saturated heterocycles. The van der Waals surface area contributed by atoms with Crippen molar-refractivity contribution in [3.63, 3.8) is 0 Å². The summed E-state index contributed by atoms with van der Waals surface area (Å²) < 4.78 is 0. The van der Waals surface area contributed by atoms with E-state index in [0.717, 1.165) is 6.54 Å². The number of carbonyl (C=O) groups is 1. The molecule has 0 spiro atoms. The van der Waals surface area contributed by atoms with Gasteiger partial charge in [-0.25, -0.2) is 0 Å². The molecule has 0 bridgehead atoms. The topological polar surface area (TPSA) is 41.1 Å². The van der Waals surface area contributed by atoms with Crippen LogP contribution in [0.4, 0.5) is 0 Å². The molecule has 0 aromatic carbocycles. The zero-order chi connectivity index (χ0) is 12.7. The fraction of sp³-hybridized carbons (Fsp3) is 0.929. The zero-order valence-corrected chi connectivity index (χ0v) is 11.6. The highest BCUT2D eigenvalue weighted by atomic mass is 16.1. The molecule has 0 radical (unpaired) electrons. The van der Waals surface area contributed by atoms with Crippen molar-refractivity contribution in [3.8, 4) is 0 Å². The third-order valence-corrected chi connectivity index (χ3v) is 3.93. The quantitative estimate of drug-likeness (QED) is 0.724. The molecule has 3 heteroatoms. The number of nitrogens with one attached hydrogen (secondary N) is 2. The van der Waals surface area contributed by atoms with Crippen LogP contribution in [-0.2, 0) is 4.79 Å². The third kappa shape index (κ3) is 5.07. The van der Waals surface area contributed by atoms with Crippen LogP contribution in [-0.4, -0.2) is 25.5 Å². The van der Waals surface area contributed by atoms with Crippen molar-refractivity contribution in [2.24, 2.45) is 11.8 Å². The van der Waals surface area contributed by atoms with Crippen LogP contribution < -0.4 is 10.6 Å². The van der Waals surface area contributed by atoms with Gasteiger partial charge in [-0.05, 0) is 32.7 Å². The number of rotatable bonds is 5. The minimum absolute atomic E-state index is 0.0632. The third-order valence-electron chi connectivity index (χ3n) is 3.93. The highest BCUT2D eigenvalue weighted by Crippen LogP contribution is 2.25. The molecule has 1 unspecified atom stereocenters. The highest BCUT2D eigenvalue weighted by molar-refractivity contribution is 5.78. The Morgan fingerprint density at radius 1 is 1.18 bits per heavy atom. The van der Waals surface area contributed by atoms with Crippen LogP contribution in [0, 0.1) is 11.8 Å². The lowest BCUT2D eigenvalue weighted by molar-refractivity contribution is -0.125. The van der Waals surface area contributed by atoms with Crippen LogP contribution in [0.25, 0.3) is 0 Å². The Labute approximate surface area is 106 Å². The standard InChI is InChI=1S/C14H28N2O/c1-11(10-15-3)14(17)16-12(2)13-8-6-4-5-7-9-13/h11-13,15H,4-10H2,1-3H3,(H,16,17)/t11?,12-/m0/s1. The van der Waals surface area contributed by atoms with Crippen molar-refractivity contribution < 1.29 is 4.79 Å². The van der Waals surface area contributed by atoms with Gasteiger partial charge in [0.2, 0.25) is 5.91 Å². The summed E-state index contributed by atoms with van der Waals surface area (Å²) in [5, 5.41) is 6.23. The molecule has 100 valence electrons. The van der Waals surface area contributed by atoms with Crippen LogP contribution in [0.1, 0.15) is 52.4 Å². The summed E-state index contributed by atoms with van der Waals surface area (Å²) in [5.74, 6) is 0.938. The lowest BCUT2D eigenvalue weighted by Gasteiger charge is -2.25. The Kier molecular flexibility index (Phi) is 6.56. The van der Waals surface area contributed by atoms with Gasteiger partial charge in [0, 0.05) is 18.5 Å². The van der Waals surface area contributed by atoms with Crippen LogP contribution in [0.5, 0.6) is 0 Å². The maximum absolute atomic E-state index is 11.9. The molecular formula is C14H28N2O. The monoisotopic (exact) mass is 240 g/mol. The van der Waals surface area contributed by atoms with E-state index in [-0.39, 0.29) is 11.8 Å². The summed E-state index contributed by atoms with van der Waals surface area (Å²) in [6.45, 7) is 4.90. The molecule has 3 nitrogen and oxygen atoms in total. The van der Waals surface area contributed by atoms with Gasteiger partial charge in [-0.15, -0.1) is 0 Å². The van der Waals surface area contributed by atoms with E-state index in [0.29, 0.717) is 12.0 Å². The van der Waals surface area contributed by atoms with Crippen LogP contribution in [0.3, 0.4) is 0 Å². The number of carbonyl (C=O) groups excluding carboxylic acids is 1. The Morgan fingerprint density at radius 2 is 1.76 bits per heavy atom. The van der Waals surface area contributed by atoms with Crippen molar-refractivity contribution >= 4 is 5.91 Å². The van der Waals surface area contributed by atoms with Crippen molar-refractivity contribution in [3.05, 3.63) is 0 Å². The summed E-state index contributed by atoms with van der Waals surface area (Å²) in [6.07, 6.45) is 7.96. The maximum Gasteiger partial charge on any atom is 0.224 e. The summed E-state index contributed by atoms with van der Waals surface area (Å²) >= 11 is 0. The summed E-state index contributed by atoms with van der Waals surface area (Å²) in [5.41, 5.74) is 0. The lowest BCUT2D eigenvalue weighted by Crippen LogP contribution is -2.42. The van der Waals surface area contributed by atoms with E-state index in [9.17, 15) is 4.79 Å². The summed E-state index contributed by atoms with van der Waals surface area (Å²) in [7, 11) is 1.89. The van der Waals surface area contributed by atoms with E-state index < -0.39 is 0 Å². The van der Waals surface area contributed by atoms with E-state index in [1.807, 2.05) is 14.0 Å². The molecule has 1 aliphatic carbocycles. The van der Waals surface area contributed by atoms with Crippen molar-refractivity contribution in [1.29, 1.82) is 0 Å². The highest BCUT2D eigenvalue weighted by Gasteiger charge is 2.22. The molecule has 17 heavy (non-hydrogen) atoms. The van der Waals surface area contributed by atoms with Gasteiger partial charge >= 0.3 is 0 Å². The first-order valence-electron chi connectivity index (χ1n) is 7.10. The molecule has 2 N–H and O–H groups in total. The Bertz CT molecular complexity index is 222. The molecule has 0 aliphatic heterocycles. The fourth-order valence-electron chi connectivity index (χ4n) is 2.69. The Morgan fingerprint density at radius 3 is 2.29 bits per heavy atom. The molecule has 1 saturated carbocycles. The minimum Gasteiger partial charge on any atom is -0.353 e. The van der Waals surface area contributed by atoms with Crippen molar-refractivity contribution in [2.45, 2.75) is 58.4 Å². The van der Waals surface area contributed by atoms with E-state index in [4.69, 9.17) is 0 Å². The molecule has 0 aromatic rings. The van der Waals surface area contributed by atoms with E-state index in [2.05, 4.69) is 17.6 Å². The average molecular weight is 240 g/mol. The van der Waals surface area contributed by atoms with Gasteiger partial charge in [-0.1, -0.05) is 32.6 Å². The van der Waals surface area contributed by atoms with Gasteiger partial charge < -0.3 is 10.6 Å². The molecule has 1 amide bonds. The van der Waals surface area contributed by atoms with Gasteiger partial charge in [-0.2, -0.15) is 0 Å². The van der Waals surface area contributed by atoms with Crippen molar-refractivity contribution in [2.75, 3.05) is 13.6 Å². The van der Waals surface area contributed by atoms with E-state index >= 15 is 0 Å². The second-order valence-corrected chi connectivity index (χ2v) is 5.51. The Balaban J connectivity index is 2.35. The Hall–Kier alpha value is -0.570. The normalized spacial score (nSPS) is 21.6. The van der Waals surface area contributed by atoms with E-state index in [1.54, 1.807) is 0 Å².